The predicted molar refractivity (Wildman–Crippen MR) is 118 cm³/mol. The summed E-state index contributed by atoms with van der Waals surface area (Å²) < 4.78 is 0. The first-order chi connectivity index (χ1) is 14.5. The average Bonchev–Trinajstić information content (AvgIpc) is 3.01. The second-order valence-corrected chi connectivity index (χ2v) is 7.81. The van der Waals surface area contributed by atoms with Crippen LogP contribution in [0.3, 0.4) is 0 Å². The standard InChI is InChI=1S/C24H28N4O2/c1-18-20(12-9-13-21(18)27-23(30)19-10-5-4-6-11-19)26-16-22(29)28-24(17-25)14-7-2-3-8-15-24/h4-6,9-13,26H,2-3,7-8,14-16H2,1H3,(H,27,30)(H,28,29). The van der Waals surface area contributed by atoms with Crippen molar-refractivity contribution in [3.63, 3.8) is 0 Å². The number of nitrogens with one attached hydrogen (secondary N) is 3. The number of benzene rings is 2. The van der Waals surface area contributed by atoms with Crippen LogP contribution in [0, 0.1) is 18.3 Å². The van der Waals surface area contributed by atoms with E-state index in [1.165, 1.54) is 0 Å². The fourth-order valence-electron chi connectivity index (χ4n) is 3.83. The Balaban J connectivity index is 1.62. The Hall–Kier alpha value is -3.33. The molecule has 1 fully saturated rings. The van der Waals surface area contributed by atoms with Gasteiger partial charge < -0.3 is 16.0 Å². The molecule has 0 unspecified atom stereocenters. The number of amides is 2. The average molecular weight is 405 g/mol. The minimum atomic E-state index is -0.754. The number of hydrogen-bond acceptors (Lipinski definition) is 4. The number of rotatable bonds is 6. The third-order valence-corrected chi connectivity index (χ3v) is 5.61. The minimum Gasteiger partial charge on any atom is -0.376 e. The van der Waals surface area contributed by atoms with Gasteiger partial charge in [0.05, 0.1) is 12.6 Å². The van der Waals surface area contributed by atoms with Crippen molar-refractivity contribution >= 4 is 23.2 Å². The Morgan fingerprint density at radius 3 is 2.30 bits per heavy atom. The Morgan fingerprint density at radius 1 is 0.967 bits per heavy atom. The van der Waals surface area contributed by atoms with Crippen LogP contribution in [0.4, 0.5) is 11.4 Å². The van der Waals surface area contributed by atoms with Crippen molar-refractivity contribution in [1.82, 2.24) is 5.32 Å². The van der Waals surface area contributed by atoms with Gasteiger partial charge in [0.1, 0.15) is 5.54 Å². The van der Waals surface area contributed by atoms with Gasteiger partial charge in [-0.05, 0) is 49.6 Å². The SMILES string of the molecule is Cc1c(NCC(=O)NC2(C#N)CCCCCC2)cccc1NC(=O)c1ccccc1. The van der Waals surface area contributed by atoms with Crippen molar-refractivity contribution in [3.8, 4) is 6.07 Å². The summed E-state index contributed by atoms with van der Waals surface area (Å²) in [6.07, 6.45) is 5.55. The molecular formula is C24H28N4O2. The normalized spacial score (nSPS) is 15.3. The molecule has 0 saturated heterocycles. The molecule has 0 atom stereocenters. The first-order valence-corrected chi connectivity index (χ1v) is 10.5. The van der Waals surface area contributed by atoms with Gasteiger partial charge in [0.25, 0.3) is 5.91 Å². The Morgan fingerprint density at radius 2 is 1.63 bits per heavy atom. The maximum Gasteiger partial charge on any atom is 0.255 e. The molecule has 0 bridgehead atoms. The Labute approximate surface area is 177 Å². The molecule has 2 amide bonds. The molecule has 0 radical (unpaired) electrons. The fourth-order valence-corrected chi connectivity index (χ4v) is 3.83. The molecule has 0 heterocycles. The molecule has 1 aliphatic rings. The maximum atomic E-state index is 12.5. The molecule has 6 heteroatoms. The van der Waals surface area contributed by atoms with Crippen LogP contribution in [-0.4, -0.2) is 23.9 Å². The van der Waals surface area contributed by atoms with E-state index in [1.54, 1.807) is 12.1 Å². The van der Waals surface area contributed by atoms with Crippen molar-refractivity contribution in [2.24, 2.45) is 0 Å². The summed E-state index contributed by atoms with van der Waals surface area (Å²) in [5.74, 6) is -0.380. The van der Waals surface area contributed by atoms with Gasteiger partial charge in [-0.3, -0.25) is 9.59 Å². The minimum absolute atomic E-state index is 0.0698. The van der Waals surface area contributed by atoms with Crippen LogP contribution in [0.15, 0.2) is 48.5 Å². The van der Waals surface area contributed by atoms with Crippen LogP contribution in [0.25, 0.3) is 0 Å². The van der Waals surface area contributed by atoms with Crippen molar-refractivity contribution in [2.75, 3.05) is 17.2 Å². The van der Waals surface area contributed by atoms with E-state index in [0.717, 1.165) is 36.9 Å². The first-order valence-electron chi connectivity index (χ1n) is 10.5. The largest absolute Gasteiger partial charge is 0.376 e. The highest BCUT2D eigenvalue weighted by Gasteiger charge is 2.32. The maximum absolute atomic E-state index is 12.5. The van der Waals surface area contributed by atoms with Crippen LogP contribution < -0.4 is 16.0 Å². The number of carbonyl (C=O) groups excluding carboxylic acids is 2. The molecule has 1 saturated carbocycles. The lowest BCUT2D eigenvalue weighted by Crippen LogP contribution is -2.49. The van der Waals surface area contributed by atoms with Gasteiger partial charge in [-0.2, -0.15) is 5.26 Å². The Bertz CT molecular complexity index is 926. The molecule has 0 aliphatic heterocycles. The van der Waals surface area contributed by atoms with Crippen molar-refractivity contribution in [3.05, 3.63) is 59.7 Å². The molecule has 0 spiro atoms. The highest BCUT2D eigenvalue weighted by atomic mass is 16.2. The van der Waals surface area contributed by atoms with Gasteiger partial charge >= 0.3 is 0 Å². The summed E-state index contributed by atoms with van der Waals surface area (Å²) in [7, 11) is 0. The molecular weight excluding hydrogens is 376 g/mol. The fraction of sp³-hybridized carbons (Fsp3) is 0.375. The molecule has 0 aromatic heterocycles. The van der Waals surface area contributed by atoms with Crippen molar-refractivity contribution < 1.29 is 9.59 Å². The quantitative estimate of drug-likeness (QED) is 0.622. The number of hydrogen-bond donors (Lipinski definition) is 3. The van der Waals surface area contributed by atoms with Crippen molar-refractivity contribution in [2.45, 2.75) is 51.0 Å². The summed E-state index contributed by atoms with van der Waals surface area (Å²) in [6, 6.07) is 16.9. The number of anilines is 2. The predicted octanol–water partition coefficient (Wildman–Crippen LogP) is 4.39. The molecule has 156 valence electrons. The molecule has 3 rings (SSSR count). The third kappa shape index (κ3) is 5.38. The second kappa shape index (κ2) is 9.93. The second-order valence-electron chi connectivity index (χ2n) is 7.81. The Kier molecular flexibility index (Phi) is 7.08. The van der Waals surface area contributed by atoms with Gasteiger partial charge in [0, 0.05) is 16.9 Å². The lowest BCUT2D eigenvalue weighted by molar-refractivity contribution is -0.120. The zero-order chi connectivity index (χ0) is 21.4. The zero-order valence-electron chi connectivity index (χ0n) is 17.3. The van der Waals surface area contributed by atoms with E-state index in [2.05, 4.69) is 22.0 Å². The third-order valence-electron chi connectivity index (χ3n) is 5.61. The van der Waals surface area contributed by atoms with Gasteiger partial charge in [0.15, 0.2) is 0 Å². The topological polar surface area (TPSA) is 94.0 Å². The monoisotopic (exact) mass is 404 g/mol. The molecule has 2 aromatic carbocycles. The molecule has 30 heavy (non-hydrogen) atoms. The van der Waals surface area contributed by atoms with E-state index in [-0.39, 0.29) is 18.4 Å². The summed E-state index contributed by atoms with van der Waals surface area (Å²) in [5.41, 5.74) is 2.13. The van der Waals surface area contributed by atoms with E-state index in [1.807, 2.05) is 43.3 Å². The van der Waals surface area contributed by atoms with Crippen LogP contribution in [0.5, 0.6) is 0 Å². The van der Waals surface area contributed by atoms with E-state index < -0.39 is 5.54 Å². The van der Waals surface area contributed by atoms with E-state index >= 15 is 0 Å². The lowest BCUT2D eigenvalue weighted by Gasteiger charge is -2.26. The first kappa shape index (κ1) is 21.4. The highest BCUT2D eigenvalue weighted by molar-refractivity contribution is 6.05. The summed E-state index contributed by atoms with van der Waals surface area (Å²) in [4.78, 5) is 25.0. The van der Waals surface area contributed by atoms with Gasteiger partial charge in [-0.15, -0.1) is 0 Å². The summed E-state index contributed by atoms with van der Waals surface area (Å²) in [6.45, 7) is 1.96. The van der Waals surface area contributed by atoms with Crippen LogP contribution in [-0.2, 0) is 4.79 Å². The molecule has 6 nitrogen and oxygen atoms in total. The van der Waals surface area contributed by atoms with Crippen LogP contribution >= 0.6 is 0 Å². The van der Waals surface area contributed by atoms with E-state index in [4.69, 9.17) is 0 Å². The number of nitrogens with zero attached hydrogens (tertiary/aromatic N) is 1. The zero-order valence-corrected chi connectivity index (χ0v) is 17.3. The number of carbonyl (C=O) groups is 2. The van der Waals surface area contributed by atoms with Crippen LogP contribution in [0.2, 0.25) is 0 Å². The van der Waals surface area contributed by atoms with E-state index in [0.29, 0.717) is 24.1 Å². The molecule has 1 aliphatic carbocycles. The molecule has 2 aromatic rings. The smallest absolute Gasteiger partial charge is 0.255 e. The summed E-state index contributed by atoms with van der Waals surface area (Å²) in [5, 5.41) is 18.6. The van der Waals surface area contributed by atoms with Crippen molar-refractivity contribution in [1.29, 1.82) is 5.26 Å². The molecule has 3 N–H and O–H groups in total. The van der Waals surface area contributed by atoms with Crippen LogP contribution in [0.1, 0.15) is 54.4 Å². The van der Waals surface area contributed by atoms with Gasteiger partial charge in [-0.25, -0.2) is 0 Å². The number of nitriles is 1. The lowest BCUT2D eigenvalue weighted by atomic mass is 9.92. The van der Waals surface area contributed by atoms with E-state index in [9.17, 15) is 14.9 Å². The van der Waals surface area contributed by atoms with Gasteiger partial charge in [-0.1, -0.05) is 49.9 Å². The van der Waals surface area contributed by atoms with Gasteiger partial charge in [0.2, 0.25) is 5.91 Å². The highest BCUT2D eigenvalue weighted by Crippen LogP contribution is 2.27. The summed E-state index contributed by atoms with van der Waals surface area (Å²) >= 11 is 0.